The smallest absolute Gasteiger partial charge is 0.263 e. The molecule has 4 N–H and O–H groups in total. The number of aliphatic hydroxyl groups excluding tert-OH is 1. The lowest BCUT2D eigenvalue weighted by Crippen LogP contribution is -2.30. The number of carbonyl (C=O) groups is 1. The fraction of sp³-hybridized carbons (Fsp3) is 0.429. The number of carbonyl (C=O) groups excluding carboxylic acids is 1. The third-order valence-electron chi connectivity index (χ3n) is 3.96. The van der Waals surface area contributed by atoms with Crippen LogP contribution in [0.2, 0.25) is 0 Å². The number of nitrogens with one attached hydrogen (secondary N) is 1. The van der Waals surface area contributed by atoms with Crippen molar-refractivity contribution in [1.29, 1.82) is 0 Å². The van der Waals surface area contributed by atoms with Crippen LogP contribution in [0.25, 0.3) is 10.1 Å². The first-order chi connectivity index (χ1) is 9.65. The van der Waals surface area contributed by atoms with Gasteiger partial charge in [-0.1, -0.05) is 0 Å². The second-order valence-corrected chi connectivity index (χ2v) is 6.43. The summed E-state index contributed by atoms with van der Waals surface area (Å²) in [7, 11) is 0. The number of aliphatic hydroxyl groups is 1. The molecular formula is C14H17N3O2S. The van der Waals surface area contributed by atoms with Crippen LogP contribution in [0.1, 0.15) is 28.9 Å². The number of rotatable bonds is 5. The van der Waals surface area contributed by atoms with Crippen molar-refractivity contribution in [3.8, 4) is 0 Å². The summed E-state index contributed by atoms with van der Waals surface area (Å²) in [5.41, 5.74) is 6.67. The van der Waals surface area contributed by atoms with Gasteiger partial charge in [-0.25, -0.2) is 0 Å². The molecule has 2 aromatic rings. The van der Waals surface area contributed by atoms with E-state index in [0.29, 0.717) is 17.1 Å². The molecule has 0 unspecified atom stereocenters. The molecular weight excluding hydrogens is 274 g/mol. The van der Waals surface area contributed by atoms with Crippen LogP contribution in [0.5, 0.6) is 0 Å². The van der Waals surface area contributed by atoms with Gasteiger partial charge in [0.2, 0.25) is 0 Å². The van der Waals surface area contributed by atoms with E-state index in [1.165, 1.54) is 11.3 Å². The van der Waals surface area contributed by atoms with E-state index in [-0.39, 0.29) is 17.9 Å². The largest absolute Gasteiger partial charge is 0.397 e. The Hall–Kier alpha value is -1.66. The number of hydrogen-bond donors (Lipinski definition) is 3. The molecule has 0 atom stereocenters. The summed E-state index contributed by atoms with van der Waals surface area (Å²) in [6, 6.07) is 1.83. The molecule has 2 aromatic heterocycles. The molecule has 6 heteroatoms. The highest BCUT2D eigenvalue weighted by Gasteiger charge is 2.42. The number of hydrogen-bond acceptors (Lipinski definition) is 5. The molecule has 106 valence electrons. The number of thiophene rings is 1. The summed E-state index contributed by atoms with van der Waals surface area (Å²) in [6.07, 6.45) is 6.28. The van der Waals surface area contributed by atoms with Gasteiger partial charge in [0.15, 0.2) is 0 Å². The van der Waals surface area contributed by atoms with Crippen molar-refractivity contribution in [2.24, 2.45) is 5.41 Å². The zero-order valence-electron chi connectivity index (χ0n) is 11.1. The predicted octanol–water partition coefficient (Wildman–Crippen LogP) is 1.77. The quantitative estimate of drug-likeness (QED) is 0.783. The summed E-state index contributed by atoms with van der Waals surface area (Å²) < 4.78 is 0.923. The highest BCUT2D eigenvalue weighted by Crippen LogP contribution is 2.48. The Labute approximate surface area is 120 Å². The second kappa shape index (κ2) is 5.03. The second-order valence-electron chi connectivity index (χ2n) is 5.37. The molecule has 0 bridgehead atoms. The Morgan fingerprint density at radius 2 is 2.35 bits per heavy atom. The third kappa shape index (κ3) is 2.36. The van der Waals surface area contributed by atoms with Crippen LogP contribution in [0.3, 0.4) is 0 Å². The highest BCUT2D eigenvalue weighted by atomic mass is 32.1. The Bertz CT molecular complexity index is 649. The van der Waals surface area contributed by atoms with Crippen LogP contribution < -0.4 is 11.1 Å². The van der Waals surface area contributed by atoms with E-state index in [2.05, 4.69) is 10.3 Å². The van der Waals surface area contributed by atoms with E-state index in [0.717, 1.165) is 29.3 Å². The van der Waals surface area contributed by atoms with Gasteiger partial charge >= 0.3 is 0 Å². The van der Waals surface area contributed by atoms with E-state index in [9.17, 15) is 4.79 Å². The topological polar surface area (TPSA) is 88.2 Å². The summed E-state index contributed by atoms with van der Waals surface area (Å²) >= 11 is 1.37. The number of nitrogens with zero attached hydrogens (tertiary/aromatic N) is 1. The SMILES string of the molecule is Nc1c(C(=O)NCC2(CCO)CC2)sc2cnccc12. The molecule has 0 saturated heterocycles. The molecule has 1 aliphatic carbocycles. The fourth-order valence-electron chi connectivity index (χ4n) is 2.42. The first-order valence-electron chi connectivity index (χ1n) is 6.66. The molecule has 0 radical (unpaired) electrons. The van der Waals surface area contributed by atoms with Crippen LogP contribution in [0, 0.1) is 5.41 Å². The number of nitrogen functional groups attached to an aromatic ring is 1. The molecule has 5 nitrogen and oxygen atoms in total. The standard InChI is InChI=1S/C14H17N3O2S/c15-11-9-1-5-16-7-10(9)20-12(11)13(19)17-8-14(2-3-14)4-6-18/h1,5,7,18H,2-4,6,8,15H2,(H,17,19). The number of nitrogens with two attached hydrogens (primary N) is 1. The van der Waals surface area contributed by atoms with Gasteiger partial charge in [0, 0.05) is 30.9 Å². The Kier molecular flexibility index (Phi) is 3.35. The number of aromatic nitrogens is 1. The van der Waals surface area contributed by atoms with E-state index >= 15 is 0 Å². The summed E-state index contributed by atoms with van der Waals surface area (Å²) in [6.45, 7) is 0.783. The average molecular weight is 291 g/mol. The van der Waals surface area contributed by atoms with Crippen LogP contribution in [0.15, 0.2) is 18.5 Å². The highest BCUT2D eigenvalue weighted by molar-refractivity contribution is 7.21. The normalized spacial score (nSPS) is 16.2. The van der Waals surface area contributed by atoms with E-state index in [4.69, 9.17) is 10.8 Å². The number of anilines is 1. The maximum absolute atomic E-state index is 12.3. The van der Waals surface area contributed by atoms with Crippen LogP contribution in [-0.2, 0) is 0 Å². The first-order valence-corrected chi connectivity index (χ1v) is 7.48. The van der Waals surface area contributed by atoms with Gasteiger partial charge in [-0.15, -0.1) is 11.3 Å². The van der Waals surface area contributed by atoms with Crippen molar-refractivity contribution in [3.05, 3.63) is 23.3 Å². The van der Waals surface area contributed by atoms with Gasteiger partial charge in [-0.2, -0.15) is 0 Å². The zero-order chi connectivity index (χ0) is 14.2. The molecule has 1 fully saturated rings. The summed E-state index contributed by atoms with van der Waals surface area (Å²) in [5, 5.41) is 12.9. The van der Waals surface area contributed by atoms with Crippen LogP contribution >= 0.6 is 11.3 Å². The lowest BCUT2D eigenvalue weighted by atomic mass is 10.0. The van der Waals surface area contributed by atoms with Crippen molar-refractivity contribution in [2.45, 2.75) is 19.3 Å². The minimum absolute atomic E-state index is 0.109. The molecule has 0 spiro atoms. The van der Waals surface area contributed by atoms with Crippen molar-refractivity contribution in [2.75, 3.05) is 18.9 Å². The first kappa shape index (κ1) is 13.3. The molecule has 1 amide bonds. The average Bonchev–Trinajstić information content (AvgIpc) is 3.14. The Morgan fingerprint density at radius 3 is 3.00 bits per heavy atom. The Balaban J connectivity index is 1.74. The van der Waals surface area contributed by atoms with Crippen molar-refractivity contribution in [1.82, 2.24) is 10.3 Å². The third-order valence-corrected chi connectivity index (χ3v) is 5.12. The minimum atomic E-state index is -0.132. The van der Waals surface area contributed by atoms with Gasteiger partial charge in [-0.05, 0) is 30.7 Å². The van der Waals surface area contributed by atoms with Crippen LogP contribution in [-0.4, -0.2) is 29.1 Å². The van der Waals surface area contributed by atoms with Gasteiger partial charge in [0.25, 0.3) is 5.91 Å². The van der Waals surface area contributed by atoms with Gasteiger partial charge < -0.3 is 16.2 Å². The Morgan fingerprint density at radius 1 is 1.55 bits per heavy atom. The number of fused-ring (bicyclic) bond motifs is 1. The van der Waals surface area contributed by atoms with Gasteiger partial charge in [-0.3, -0.25) is 9.78 Å². The van der Waals surface area contributed by atoms with Crippen molar-refractivity contribution in [3.63, 3.8) is 0 Å². The molecule has 3 rings (SSSR count). The lowest BCUT2D eigenvalue weighted by Gasteiger charge is -2.14. The van der Waals surface area contributed by atoms with Crippen molar-refractivity contribution >= 4 is 33.0 Å². The van der Waals surface area contributed by atoms with E-state index in [1.54, 1.807) is 12.4 Å². The van der Waals surface area contributed by atoms with E-state index in [1.807, 2.05) is 6.07 Å². The minimum Gasteiger partial charge on any atom is -0.397 e. The zero-order valence-corrected chi connectivity index (χ0v) is 11.9. The van der Waals surface area contributed by atoms with Gasteiger partial charge in [0.1, 0.15) is 4.88 Å². The maximum atomic E-state index is 12.3. The van der Waals surface area contributed by atoms with Crippen LogP contribution in [0.4, 0.5) is 5.69 Å². The van der Waals surface area contributed by atoms with Crippen molar-refractivity contribution < 1.29 is 9.90 Å². The molecule has 20 heavy (non-hydrogen) atoms. The fourth-order valence-corrected chi connectivity index (χ4v) is 3.42. The molecule has 2 heterocycles. The maximum Gasteiger partial charge on any atom is 0.263 e. The number of amides is 1. The summed E-state index contributed by atoms with van der Waals surface area (Å²) in [5.74, 6) is -0.132. The predicted molar refractivity (Wildman–Crippen MR) is 79.7 cm³/mol. The molecule has 0 aromatic carbocycles. The molecule has 0 aliphatic heterocycles. The monoisotopic (exact) mass is 291 g/mol. The lowest BCUT2D eigenvalue weighted by molar-refractivity contribution is 0.0945. The molecule has 1 saturated carbocycles. The van der Waals surface area contributed by atoms with E-state index < -0.39 is 0 Å². The molecule has 1 aliphatic rings. The van der Waals surface area contributed by atoms with Gasteiger partial charge in [0.05, 0.1) is 10.4 Å². The summed E-state index contributed by atoms with van der Waals surface area (Å²) in [4.78, 5) is 16.8. The number of pyridine rings is 1.